The molecule has 1 unspecified atom stereocenters. The highest BCUT2D eigenvalue weighted by atomic mass is 32.2. The lowest BCUT2D eigenvalue weighted by molar-refractivity contribution is -0.149. The number of aryl methyl sites for hydroxylation is 1. The number of nitrogens with zero attached hydrogens (tertiary/aromatic N) is 1. The van der Waals surface area contributed by atoms with E-state index in [1.54, 1.807) is 0 Å². The van der Waals surface area contributed by atoms with Crippen molar-refractivity contribution in [3.63, 3.8) is 0 Å². The van der Waals surface area contributed by atoms with E-state index in [4.69, 9.17) is 0 Å². The summed E-state index contributed by atoms with van der Waals surface area (Å²) in [5, 5.41) is 0. The summed E-state index contributed by atoms with van der Waals surface area (Å²) >= 11 is 0. The van der Waals surface area contributed by atoms with Gasteiger partial charge in [0.2, 0.25) is 0 Å². The highest BCUT2D eigenvalue weighted by molar-refractivity contribution is 7.87. The first-order valence-corrected chi connectivity index (χ1v) is 8.59. The lowest BCUT2D eigenvalue weighted by Gasteiger charge is -2.36. The molecule has 1 aromatic carbocycles. The number of hydrogen-bond donors (Lipinski definition) is 1. The lowest BCUT2D eigenvalue weighted by atomic mass is 10.0. The number of halogens is 2. The van der Waals surface area contributed by atoms with Crippen LogP contribution in [-0.4, -0.2) is 38.9 Å². The molecule has 6 nitrogen and oxygen atoms in total. The van der Waals surface area contributed by atoms with Crippen LogP contribution in [0, 0.1) is 17.6 Å². The first-order chi connectivity index (χ1) is 10.8. The molecule has 1 saturated heterocycles. The smallest absolute Gasteiger partial charge is 0.311 e. The van der Waals surface area contributed by atoms with Crippen LogP contribution in [0.2, 0.25) is 0 Å². The molecule has 23 heavy (non-hydrogen) atoms. The van der Waals surface area contributed by atoms with E-state index >= 15 is 0 Å². The summed E-state index contributed by atoms with van der Waals surface area (Å²) in [5.41, 5.74) is 0.672. The van der Waals surface area contributed by atoms with Crippen LogP contribution >= 0.6 is 0 Å². The van der Waals surface area contributed by atoms with E-state index in [1.165, 1.54) is 13.2 Å². The highest BCUT2D eigenvalue weighted by Gasteiger charge is 2.42. The zero-order chi connectivity index (χ0) is 16.8. The maximum Gasteiger partial charge on any atom is 0.311 e. The van der Waals surface area contributed by atoms with E-state index in [-0.39, 0.29) is 18.7 Å². The molecule has 9 heteroatoms. The van der Waals surface area contributed by atoms with Gasteiger partial charge >= 0.3 is 5.97 Å². The van der Waals surface area contributed by atoms with Gasteiger partial charge in [-0.1, -0.05) is 6.07 Å². The third-order valence-corrected chi connectivity index (χ3v) is 5.85. The van der Waals surface area contributed by atoms with Crippen molar-refractivity contribution in [1.29, 1.82) is 0 Å². The Kier molecular flexibility index (Phi) is 4.11. The van der Waals surface area contributed by atoms with Crippen molar-refractivity contribution in [1.82, 2.24) is 9.03 Å². The van der Waals surface area contributed by atoms with Gasteiger partial charge in [-0.3, -0.25) is 4.79 Å². The zero-order valence-electron chi connectivity index (χ0n) is 12.4. The maximum absolute atomic E-state index is 14.0. The van der Waals surface area contributed by atoms with Crippen molar-refractivity contribution < 1.29 is 26.7 Å². The molecule has 3 rings (SSSR count). The molecule has 1 aliphatic heterocycles. The number of ether oxygens (including phenoxy) is 1. The van der Waals surface area contributed by atoms with Crippen LogP contribution < -0.4 is 4.72 Å². The molecule has 1 N–H and O–H groups in total. The molecule has 2 aliphatic rings. The van der Waals surface area contributed by atoms with Crippen molar-refractivity contribution in [2.45, 2.75) is 18.9 Å². The molecule has 1 heterocycles. The Morgan fingerprint density at radius 3 is 2.70 bits per heavy atom. The predicted molar refractivity (Wildman–Crippen MR) is 76.6 cm³/mol. The number of rotatable bonds is 4. The Labute approximate surface area is 132 Å². The predicted octanol–water partition coefficient (Wildman–Crippen LogP) is 0.891. The Balaban J connectivity index is 1.72. The standard InChI is InChI=1S/C14H16F2N2O4S/c1-22-14(19)9-6-18(7-9)23(20,21)17-11-5-3-8-2-4-10(15)13(16)12(8)11/h2,4,9,11,17H,3,5-7H2,1H3. The summed E-state index contributed by atoms with van der Waals surface area (Å²) in [4.78, 5) is 11.3. The van der Waals surface area contributed by atoms with E-state index < -0.39 is 39.8 Å². The zero-order valence-corrected chi connectivity index (χ0v) is 13.2. The molecule has 0 bridgehead atoms. The molecule has 0 amide bonds. The van der Waals surface area contributed by atoms with Crippen molar-refractivity contribution in [2.24, 2.45) is 5.92 Å². The number of hydrogen-bond acceptors (Lipinski definition) is 4. The number of benzene rings is 1. The SMILES string of the molecule is COC(=O)C1CN(S(=O)(=O)NC2CCc3ccc(F)c(F)c32)C1. The lowest BCUT2D eigenvalue weighted by Crippen LogP contribution is -2.56. The maximum atomic E-state index is 14.0. The monoisotopic (exact) mass is 346 g/mol. The first-order valence-electron chi connectivity index (χ1n) is 7.15. The van der Waals surface area contributed by atoms with Gasteiger partial charge in [0, 0.05) is 18.7 Å². The quantitative estimate of drug-likeness (QED) is 0.822. The van der Waals surface area contributed by atoms with Gasteiger partial charge in [-0.2, -0.15) is 17.4 Å². The van der Waals surface area contributed by atoms with E-state index in [2.05, 4.69) is 9.46 Å². The molecule has 1 atom stereocenters. The number of nitrogens with one attached hydrogen (secondary N) is 1. The second kappa shape index (κ2) is 5.81. The average molecular weight is 346 g/mol. The van der Waals surface area contributed by atoms with Crippen LogP contribution in [0.1, 0.15) is 23.6 Å². The van der Waals surface area contributed by atoms with Crippen LogP contribution in [0.25, 0.3) is 0 Å². The number of carbonyl (C=O) groups excluding carboxylic acids is 1. The van der Waals surface area contributed by atoms with Gasteiger partial charge in [-0.05, 0) is 24.5 Å². The summed E-state index contributed by atoms with van der Waals surface area (Å²) in [5.74, 6) is -2.95. The van der Waals surface area contributed by atoms with Gasteiger partial charge in [-0.15, -0.1) is 0 Å². The van der Waals surface area contributed by atoms with E-state index in [9.17, 15) is 22.0 Å². The Morgan fingerprint density at radius 2 is 2.04 bits per heavy atom. The van der Waals surface area contributed by atoms with Gasteiger partial charge in [0.15, 0.2) is 11.6 Å². The first kappa shape index (κ1) is 16.3. The number of carbonyl (C=O) groups is 1. The molecule has 1 aliphatic carbocycles. The van der Waals surface area contributed by atoms with Gasteiger partial charge in [0.25, 0.3) is 10.2 Å². The molecular formula is C14H16F2N2O4S. The Bertz CT molecular complexity index is 747. The minimum Gasteiger partial charge on any atom is -0.469 e. The van der Waals surface area contributed by atoms with Crippen molar-refractivity contribution in [2.75, 3.05) is 20.2 Å². The van der Waals surface area contributed by atoms with Gasteiger partial charge in [0.1, 0.15) is 0 Å². The molecule has 0 saturated carbocycles. The highest BCUT2D eigenvalue weighted by Crippen LogP contribution is 2.35. The molecule has 1 aromatic rings. The molecule has 0 aromatic heterocycles. The fourth-order valence-corrected chi connectivity index (χ4v) is 4.46. The Morgan fingerprint density at radius 1 is 1.35 bits per heavy atom. The topological polar surface area (TPSA) is 75.7 Å². The summed E-state index contributed by atoms with van der Waals surface area (Å²) in [7, 11) is -2.63. The second-order valence-electron chi connectivity index (χ2n) is 5.69. The van der Waals surface area contributed by atoms with Gasteiger partial charge in [-0.25, -0.2) is 8.78 Å². The summed E-state index contributed by atoms with van der Waals surface area (Å²) < 4.78 is 59.9. The molecule has 1 fully saturated rings. The molecular weight excluding hydrogens is 330 g/mol. The summed E-state index contributed by atoms with van der Waals surface area (Å²) in [6.07, 6.45) is 0.841. The third kappa shape index (κ3) is 2.84. The van der Waals surface area contributed by atoms with Gasteiger partial charge in [0.05, 0.1) is 19.1 Å². The number of methoxy groups -OCH3 is 1. The van der Waals surface area contributed by atoms with Crippen LogP contribution in [0.5, 0.6) is 0 Å². The fourth-order valence-electron chi connectivity index (χ4n) is 2.97. The average Bonchev–Trinajstić information content (AvgIpc) is 2.83. The number of fused-ring (bicyclic) bond motifs is 1. The van der Waals surface area contributed by atoms with E-state index in [0.29, 0.717) is 18.4 Å². The van der Waals surface area contributed by atoms with E-state index in [1.807, 2.05) is 0 Å². The largest absolute Gasteiger partial charge is 0.469 e. The second-order valence-corrected chi connectivity index (χ2v) is 7.39. The van der Waals surface area contributed by atoms with E-state index in [0.717, 1.165) is 10.4 Å². The van der Waals surface area contributed by atoms with Crippen molar-refractivity contribution >= 4 is 16.2 Å². The Hall–Kier alpha value is -1.58. The van der Waals surface area contributed by atoms with Crippen LogP contribution in [0.3, 0.4) is 0 Å². The van der Waals surface area contributed by atoms with Crippen LogP contribution in [-0.2, 0) is 26.2 Å². The normalized spacial score (nSPS) is 21.8. The number of esters is 1. The van der Waals surface area contributed by atoms with Crippen molar-refractivity contribution in [3.8, 4) is 0 Å². The van der Waals surface area contributed by atoms with Crippen LogP contribution in [0.15, 0.2) is 12.1 Å². The van der Waals surface area contributed by atoms with Crippen molar-refractivity contribution in [3.05, 3.63) is 34.9 Å². The molecule has 0 radical (unpaired) electrons. The summed E-state index contributed by atoms with van der Waals surface area (Å²) in [6.45, 7) is 0.0421. The summed E-state index contributed by atoms with van der Waals surface area (Å²) in [6, 6.07) is 1.71. The molecule has 126 valence electrons. The minimum absolute atomic E-state index is 0.0210. The van der Waals surface area contributed by atoms with Gasteiger partial charge < -0.3 is 4.74 Å². The molecule has 0 spiro atoms. The minimum atomic E-state index is -3.87. The third-order valence-electron chi connectivity index (χ3n) is 4.29. The van der Waals surface area contributed by atoms with Crippen LogP contribution in [0.4, 0.5) is 8.78 Å². The fraction of sp³-hybridized carbons (Fsp3) is 0.500.